The molecule has 0 radical (unpaired) electrons. The lowest BCUT2D eigenvalue weighted by molar-refractivity contribution is 0.174. The van der Waals surface area contributed by atoms with E-state index >= 15 is 0 Å². The zero-order chi connectivity index (χ0) is 14.9. The summed E-state index contributed by atoms with van der Waals surface area (Å²) in [4.78, 5) is 12.1. The SMILES string of the molecule is O=C(Nc1ccc2c(c1)OCO2)NC1CCn2nccc2C1. The number of aromatic nitrogens is 2. The Hall–Kier alpha value is -2.70. The van der Waals surface area contributed by atoms with E-state index < -0.39 is 0 Å². The molecule has 3 heterocycles. The van der Waals surface area contributed by atoms with E-state index in [2.05, 4.69) is 15.7 Å². The van der Waals surface area contributed by atoms with Gasteiger partial charge in [0.15, 0.2) is 11.5 Å². The van der Waals surface area contributed by atoms with Crippen LogP contribution in [0.15, 0.2) is 30.5 Å². The van der Waals surface area contributed by atoms with Gasteiger partial charge in [-0.05, 0) is 24.6 Å². The van der Waals surface area contributed by atoms with E-state index in [4.69, 9.17) is 9.47 Å². The number of hydrogen-bond acceptors (Lipinski definition) is 4. The predicted molar refractivity (Wildman–Crippen MR) is 79.1 cm³/mol. The smallest absolute Gasteiger partial charge is 0.319 e. The first-order valence-corrected chi connectivity index (χ1v) is 7.26. The molecule has 114 valence electrons. The Morgan fingerprint density at radius 1 is 1.27 bits per heavy atom. The van der Waals surface area contributed by atoms with Crippen molar-refractivity contribution in [3.05, 3.63) is 36.2 Å². The summed E-state index contributed by atoms with van der Waals surface area (Å²) < 4.78 is 12.5. The number of fused-ring (bicyclic) bond motifs is 2. The molecule has 0 fully saturated rings. The molecule has 1 atom stereocenters. The van der Waals surface area contributed by atoms with Crippen LogP contribution in [0.5, 0.6) is 11.5 Å². The van der Waals surface area contributed by atoms with Gasteiger partial charge >= 0.3 is 6.03 Å². The number of urea groups is 1. The predicted octanol–water partition coefficient (Wildman–Crippen LogP) is 1.75. The van der Waals surface area contributed by atoms with E-state index in [1.54, 1.807) is 24.4 Å². The van der Waals surface area contributed by atoms with Crippen LogP contribution >= 0.6 is 0 Å². The quantitative estimate of drug-likeness (QED) is 0.886. The molecule has 0 saturated heterocycles. The van der Waals surface area contributed by atoms with Gasteiger partial charge < -0.3 is 20.1 Å². The number of anilines is 1. The normalized spacial score (nSPS) is 18.6. The van der Waals surface area contributed by atoms with Crippen LogP contribution in [0.25, 0.3) is 0 Å². The van der Waals surface area contributed by atoms with E-state index in [-0.39, 0.29) is 18.9 Å². The lowest BCUT2D eigenvalue weighted by Crippen LogP contribution is -2.42. The minimum atomic E-state index is -0.211. The van der Waals surface area contributed by atoms with E-state index in [1.807, 2.05) is 10.7 Å². The van der Waals surface area contributed by atoms with Crippen LogP contribution in [0.3, 0.4) is 0 Å². The van der Waals surface area contributed by atoms with Crippen molar-refractivity contribution in [1.29, 1.82) is 0 Å². The third-order valence-electron chi connectivity index (χ3n) is 3.92. The summed E-state index contributed by atoms with van der Waals surface area (Å²) >= 11 is 0. The standard InChI is InChI=1S/C15H16N4O3/c20-15(17-10-1-2-13-14(8-10)22-9-21-13)18-11-4-6-19-12(7-11)3-5-16-19/h1-3,5,8,11H,4,6-7,9H2,(H2,17,18,20). The summed E-state index contributed by atoms with van der Waals surface area (Å²) in [6.45, 7) is 1.05. The maximum Gasteiger partial charge on any atom is 0.319 e. The molecule has 22 heavy (non-hydrogen) atoms. The molecule has 7 nitrogen and oxygen atoms in total. The second kappa shape index (κ2) is 5.25. The first kappa shape index (κ1) is 13.0. The summed E-state index contributed by atoms with van der Waals surface area (Å²) in [5.41, 5.74) is 1.84. The van der Waals surface area contributed by atoms with Gasteiger partial charge in [-0.15, -0.1) is 0 Å². The summed E-state index contributed by atoms with van der Waals surface area (Å²) in [5, 5.41) is 10.1. The summed E-state index contributed by atoms with van der Waals surface area (Å²) in [6.07, 6.45) is 3.47. The van der Waals surface area contributed by atoms with Crippen LogP contribution in [0.2, 0.25) is 0 Å². The minimum absolute atomic E-state index is 0.123. The van der Waals surface area contributed by atoms with Gasteiger partial charge in [-0.25, -0.2) is 4.79 Å². The molecule has 2 aliphatic heterocycles. The van der Waals surface area contributed by atoms with Gasteiger partial charge in [0.2, 0.25) is 6.79 Å². The average molecular weight is 300 g/mol. The molecule has 1 aromatic carbocycles. The van der Waals surface area contributed by atoms with E-state index in [9.17, 15) is 4.79 Å². The number of nitrogens with zero attached hydrogens (tertiary/aromatic N) is 2. The van der Waals surface area contributed by atoms with Gasteiger partial charge in [0.05, 0.1) is 0 Å². The number of rotatable bonds is 2. The van der Waals surface area contributed by atoms with Gasteiger partial charge in [0.25, 0.3) is 0 Å². The van der Waals surface area contributed by atoms with Crippen molar-refractivity contribution in [3.8, 4) is 11.5 Å². The number of hydrogen-bond donors (Lipinski definition) is 2. The monoisotopic (exact) mass is 300 g/mol. The van der Waals surface area contributed by atoms with Crippen molar-refractivity contribution in [2.45, 2.75) is 25.4 Å². The number of benzene rings is 1. The van der Waals surface area contributed by atoms with Crippen molar-refractivity contribution >= 4 is 11.7 Å². The fourth-order valence-corrected chi connectivity index (χ4v) is 2.82. The zero-order valence-electron chi connectivity index (χ0n) is 11.9. The molecule has 0 saturated carbocycles. The molecule has 2 N–H and O–H groups in total. The molecule has 4 rings (SSSR count). The molecule has 2 aromatic rings. The Morgan fingerprint density at radius 2 is 2.18 bits per heavy atom. The molecular formula is C15H16N4O3. The second-order valence-electron chi connectivity index (χ2n) is 5.40. The lowest BCUT2D eigenvalue weighted by Gasteiger charge is -2.24. The van der Waals surface area contributed by atoms with E-state index in [0.717, 1.165) is 25.1 Å². The number of carbonyl (C=O) groups is 1. The highest BCUT2D eigenvalue weighted by Crippen LogP contribution is 2.34. The number of aryl methyl sites for hydroxylation is 1. The highest BCUT2D eigenvalue weighted by atomic mass is 16.7. The molecule has 2 aliphatic rings. The van der Waals surface area contributed by atoms with Crippen LogP contribution in [0.4, 0.5) is 10.5 Å². The molecule has 0 bridgehead atoms. The van der Waals surface area contributed by atoms with Gasteiger partial charge in [0, 0.05) is 42.7 Å². The summed E-state index contributed by atoms with van der Waals surface area (Å²) in [7, 11) is 0. The summed E-state index contributed by atoms with van der Waals surface area (Å²) in [6, 6.07) is 7.25. The molecule has 2 amide bonds. The molecule has 7 heteroatoms. The molecule has 1 unspecified atom stereocenters. The molecule has 0 aliphatic carbocycles. The number of carbonyl (C=O) groups excluding carboxylic acids is 1. The summed E-state index contributed by atoms with van der Waals surface area (Å²) in [5.74, 6) is 1.35. The Bertz CT molecular complexity index is 713. The zero-order valence-corrected chi connectivity index (χ0v) is 11.9. The Balaban J connectivity index is 1.37. The van der Waals surface area contributed by atoms with Crippen LogP contribution in [0, 0.1) is 0 Å². The largest absolute Gasteiger partial charge is 0.454 e. The van der Waals surface area contributed by atoms with E-state index in [1.165, 1.54) is 0 Å². The third kappa shape index (κ3) is 2.45. The van der Waals surface area contributed by atoms with Crippen molar-refractivity contribution in [2.24, 2.45) is 0 Å². The first-order chi connectivity index (χ1) is 10.8. The van der Waals surface area contributed by atoms with Crippen LogP contribution in [-0.2, 0) is 13.0 Å². The average Bonchev–Trinajstić information content (AvgIpc) is 3.14. The number of nitrogens with one attached hydrogen (secondary N) is 2. The topological polar surface area (TPSA) is 77.4 Å². The van der Waals surface area contributed by atoms with Gasteiger partial charge in [0.1, 0.15) is 0 Å². The second-order valence-corrected chi connectivity index (χ2v) is 5.40. The van der Waals surface area contributed by atoms with Crippen molar-refractivity contribution in [3.63, 3.8) is 0 Å². The van der Waals surface area contributed by atoms with Gasteiger partial charge in [-0.1, -0.05) is 0 Å². The maximum atomic E-state index is 12.1. The van der Waals surface area contributed by atoms with E-state index in [0.29, 0.717) is 17.2 Å². The lowest BCUT2D eigenvalue weighted by atomic mass is 10.0. The minimum Gasteiger partial charge on any atom is -0.454 e. The molecule has 0 spiro atoms. The van der Waals surface area contributed by atoms with Crippen molar-refractivity contribution in [2.75, 3.05) is 12.1 Å². The fraction of sp³-hybridized carbons (Fsp3) is 0.333. The number of ether oxygens (including phenoxy) is 2. The van der Waals surface area contributed by atoms with Gasteiger partial charge in [-0.3, -0.25) is 4.68 Å². The van der Waals surface area contributed by atoms with Crippen molar-refractivity contribution in [1.82, 2.24) is 15.1 Å². The maximum absolute atomic E-state index is 12.1. The van der Waals surface area contributed by atoms with Crippen LogP contribution in [0.1, 0.15) is 12.1 Å². The van der Waals surface area contributed by atoms with Gasteiger partial charge in [-0.2, -0.15) is 5.10 Å². The Labute approximate surface area is 127 Å². The van der Waals surface area contributed by atoms with Crippen molar-refractivity contribution < 1.29 is 14.3 Å². The Kier molecular flexibility index (Phi) is 3.10. The third-order valence-corrected chi connectivity index (χ3v) is 3.92. The fourth-order valence-electron chi connectivity index (χ4n) is 2.82. The first-order valence-electron chi connectivity index (χ1n) is 7.26. The molecular weight excluding hydrogens is 284 g/mol. The highest BCUT2D eigenvalue weighted by Gasteiger charge is 2.21. The highest BCUT2D eigenvalue weighted by molar-refractivity contribution is 5.89. The Morgan fingerprint density at radius 3 is 3.14 bits per heavy atom. The number of amides is 2. The molecule has 1 aromatic heterocycles. The van der Waals surface area contributed by atoms with Crippen LogP contribution < -0.4 is 20.1 Å². The van der Waals surface area contributed by atoms with Crippen LogP contribution in [-0.4, -0.2) is 28.6 Å².